The molecule has 1 fully saturated rings. The zero-order valence-electron chi connectivity index (χ0n) is 11.9. The molecule has 0 radical (unpaired) electrons. The average Bonchev–Trinajstić information content (AvgIpc) is 2.48. The number of anilines is 1. The van der Waals surface area contributed by atoms with Crippen LogP contribution >= 0.6 is 23.4 Å². The van der Waals surface area contributed by atoms with Crippen molar-refractivity contribution in [2.45, 2.75) is 55.9 Å². The van der Waals surface area contributed by atoms with E-state index in [-0.39, 0.29) is 11.2 Å². The minimum Gasteiger partial charge on any atom is -0.325 e. The second-order valence-electron chi connectivity index (χ2n) is 5.29. The van der Waals surface area contributed by atoms with Gasteiger partial charge in [-0.3, -0.25) is 4.79 Å². The highest BCUT2D eigenvalue weighted by Gasteiger charge is 2.23. The Balaban J connectivity index is 1.89. The number of benzene rings is 1. The second-order valence-corrected chi connectivity index (χ2v) is 7.23. The van der Waals surface area contributed by atoms with Gasteiger partial charge in [-0.2, -0.15) is 0 Å². The number of rotatable bonds is 5. The molecule has 0 saturated heterocycles. The highest BCUT2D eigenvalue weighted by molar-refractivity contribution is 8.01. The number of carbonyl (C=O) groups is 1. The quantitative estimate of drug-likeness (QED) is 0.817. The van der Waals surface area contributed by atoms with Crippen LogP contribution < -0.4 is 5.32 Å². The van der Waals surface area contributed by atoms with Crippen LogP contribution in [0.5, 0.6) is 0 Å². The van der Waals surface area contributed by atoms with Gasteiger partial charge in [-0.25, -0.2) is 0 Å². The first kappa shape index (κ1) is 15.7. The molecular formula is C16H22ClNOS. The molecule has 2 rings (SSSR count). The van der Waals surface area contributed by atoms with E-state index >= 15 is 0 Å². The van der Waals surface area contributed by atoms with Crippen LogP contribution in [0.1, 0.15) is 45.4 Å². The molecule has 0 aromatic heterocycles. The lowest BCUT2D eigenvalue weighted by atomic mass is 10.0. The molecule has 1 unspecified atom stereocenters. The van der Waals surface area contributed by atoms with Gasteiger partial charge in [-0.05, 0) is 43.5 Å². The smallest absolute Gasteiger partial charge is 0.237 e. The molecule has 4 heteroatoms. The Morgan fingerprint density at radius 1 is 1.30 bits per heavy atom. The fourth-order valence-electron chi connectivity index (χ4n) is 2.53. The van der Waals surface area contributed by atoms with Gasteiger partial charge < -0.3 is 5.32 Å². The van der Waals surface area contributed by atoms with Crippen LogP contribution in [0.4, 0.5) is 5.69 Å². The van der Waals surface area contributed by atoms with E-state index in [1.165, 1.54) is 32.1 Å². The van der Waals surface area contributed by atoms with E-state index in [0.29, 0.717) is 10.3 Å². The molecule has 2 nitrogen and oxygen atoms in total. The minimum absolute atomic E-state index is 0.0498. The van der Waals surface area contributed by atoms with Gasteiger partial charge in [0.25, 0.3) is 0 Å². The van der Waals surface area contributed by atoms with E-state index < -0.39 is 0 Å². The third-order valence-electron chi connectivity index (χ3n) is 3.68. The summed E-state index contributed by atoms with van der Waals surface area (Å²) in [6.45, 7) is 2.09. The van der Waals surface area contributed by atoms with E-state index in [4.69, 9.17) is 11.6 Å². The van der Waals surface area contributed by atoms with Crippen LogP contribution in [0.3, 0.4) is 0 Å². The summed E-state index contributed by atoms with van der Waals surface area (Å²) in [6.07, 6.45) is 7.37. The predicted octanol–water partition coefficient (Wildman–Crippen LogP) is 5.12. The van der Waals surface area contributed by atoms with Crippen LogP contribution in [-0.2, 0) is 4.79 Å². The van der Waals surface area contributed by atoms with Gasteiger partial charge in [0.2, 0.25) is 5.91 Å². The zero-order chi connectivity index (χ0) is 14.4. The van der Waals surface area contributed by atoms with Crippen LogP contribution in [-0.4, -0.2) is 16.4 Å². The highest BCUT2D eigenvalue weighted by Crippen LogP contribution is 2.32. The van der Waals surface area contributed by atoms with E-state index in [2.05, 4.69) is 12.2 Å². The SMILES string of the molecule is CCC(SC1CCCCC1)C(=O)Nc1ccc(Cl)cc1. The largest absolute Gasteiger partial charge is 0.325 e. The van der Waals surface area contributed by atoms with Gasteiger partial charge in [0.15, 0.2) is 0 Å². The van der Waals surface area contributed by atoms with Crippen LogP contribution in [0.25, 0.3) is 0 Å². The average molecular weight is 312 g/mol. The lowest BCUT2D eigenvalue weighted by molar-refractivity contribution is -0.115. The number of halogens is 1. The molecule has 0 aliphatic heterocycles. The van der Waals surface area contributed by atoms with Gasteiger partial charge >= 0.3 is 0 Å². The lowest BCUT2D eigenvalue weighted by Gasteiger charge is -2.25. The molecule has 0 bridgehead atoms. The summed E-state index contributed by atoms with van der Waals surface area (Å²) in [7, 11) is 0. The topological polar surface area (TPSA) is 29.1 Å². The van der Waals surface area contributed by atoms with Crippen molar-refractivity contribution in [3.05, 3.63) is 29.3 Å². The van der Waals surface area contributed by atoms with Gasteiger partial charge in [0.05, 0.1) is 5.25 Å². The first-order valence-electron chi connectivity index (χ1n) is 7.41. The van der Waals surface area contributed by atoms with Crippen molar-refractivity contribution in [3.63, 3.8) is 0 Å². The molecule has 20 heavy (non-hydrogen) atoms. The Labute approximate surface area is 130 Å². The van der Waals surface area contributed by atoms with Crippen LogP contribution in [0.15, 0.2) is 24.3 Å². The lowest BCUT2D eigenvalue weighted by Crippen LogP contribution is -2.27. The molecule has 110 valence electrons. The maximum Gasteiger partial charge on any atom is 0.237 e. The van der Waals surface area contributed by atoms with Crippen molar-refractivity contribution in [2.75, 3.05) is 5.32 Å². The standard InChI is InChI=1S/C16H22ClNOS/c1-2-15(20-14-6-4-3-5-7-14)16(19)18-13-10-8-12(17)9-11-13/h8-11,14-15H,2-7H2,1H3,(H,18,19). The number of thioether (sulfide) groups is 1. The molecule has 0 heterocycles. The summed E-state index contributed by atoms with van der Waals surface area (Å²) < 4.78 is 0. The zero-order valence-corrected chi connectivity index (χ0v) is 13.5. The Morgan fingerprint density at radius 3 is 2.55 bits per heavy atom. The molecule has 0 spiro atoms. The van der Waals surface area contributed by atoms with Gasteiger partial charge in [-0.1, -0.05) is 37.8 Å². The highest BCUT2D eigenvalue weighted by atomic mass is 35.5. The molecule has 1 aliphatic carbocycles. The molecule has 1 aromatic rings. The Hall–Kier alpha value is -0.670. The molecule has 1 amide bonds. The first-order chi connectivity index (χ1) is 9.69. The van der Waals surface area contributed by atoms with Crippen LogP contribution in [0.2, 0.25) is 5.02 Å². The second kappa shape index (κ2) is 7.94. The summed E-state index contributed by atoms with van der Waals surface area (Å²) in [5.41, 5.74) is 0.821. The molecular weight excluding hydrogens is 290 g/mol. The summed E-state index contributed by atoms with van der Waals surface area (Å²) in [5.74, 6) is 0.116. The van der Waals surface area contributed by atoms with Crippen molar-refractivity contribution < 1.29 is 4.79 Å². The number of carbonyl (C=O) groups excluding carboxylic acids is 1. The minimum atomic E-state index is 0.0498. The monoisotopic (exact) mass is 311 g/mol. The van der Waals surface area contributed by atoms with Crippen molar-refractivity contribution in [2.24, 2.45) is 0 Å². The number of hydrogen-bond donors (Lipinski definition) is 1. The summed E-state index contributed by atoms with van der Waals surface area (Å²) in [4.78, 5) is 12.3. The van der Waals surface area contributed by atoms with Crippen molar-refractivity contribution >= 4 is 35.0 Å². The first-order valence-corrected chi connectivity index (χ1v) is 8.73. The van der Waals surface area contributed by atoms with E-state index in [1.807, 2.05) is 23.9 Å². The fraction of sp³-hybridized carbons (Fsp3) is 0.562. The van der Waals surface area contributed by atoms with Gasteiger partial charge in [0, 0.05) is 16.0 Å². The maximum absolute atomic E-state index is 12.3. The Kier molecular flexibility index (Phi) is 6.24. The maximum atomic E-state index is 12.3. The van der Waals surface area contributed by atoms with E-state index in [9.17, 15) is 4.79 Å². The van der Waals surface area contributed by atoms with Crippen molar-refractivity contribution in [3.8, 4) is 0 Å². The number of hydrogen-bond acceptors (Lipinski definition) is 2. The third kappa shape index (κ3) is 4.71. The summed E-state index contributed by atoms with van der Waals surface area (Å²) >= 11 is 7.71. The predicted molar refractivity (Wildman–Crippen MR) is 88.6 cm³/mol. The van der Waals surface area contributed by atoms with Gasteiger partial charge in [0.1, 0.15) is 0 Å². The summed E-state index contributed by atoms with van der Waals surface area (Å²) in [6, 6.07) is 7.29. The van der Waals surface area contributed by atoms with Crippen molar-refractivity contribution in [1.82, 2.24) is 0 Å². The fourth-order valence-corrected chi connectivity index (χ4v) is 4.10. The normalized spacial score (nSPS) is 17.7. The molecule has 1 N–H and O–H groups in total. The Bertz CT molecular complexity index is 429. The van der Waals surface area contributed by atoms with Gasteiger partial charge in [-0.15, -0.1) is 11.8 Å². The Morgan fingerprint density at radius 2 is 1.95 bits per heavy atom. The molecule has 1 aliphatic rings. The molecule has 1 aromatic carbocycles. The summed E-state index contributed by atoms with van der Waals surface area (Å²) in [5, 5.41) is 4.38. The molecule has 1 saturated carbocycles. The third-order valence-corrected chi connectivity index (χ3v) is 5.67. The van der Waals surface area contributed by atoms with E-state index in [0.717, 1.165) is 12.1 Å². The molecule has 1 atom stereocenters. The number of amides is 1. The van der Waals surface area contributed by atoms with E-state index in [1.54, 1.807) is 12.1 Å². The number of nitrogens with one attached hydrogen (secondary N) is 1. The van der Waals surface area contributed by atoms with Crippen molar-refractivity contribution in [1.29, 1.82) is 0 Å². The van der Waals surface area contributed by atoms with Crippen LogP contribution in [0, 0.1) is 0 Å².